The fourth-order valence-corrected chi connectivity index (χ4v) is 1.85. The quantitative estimate of drug-likeness (QED) is 0.586. The van der Waals surface area contributed by atoms with E-state index in [1.807, 2.05) is 13.0 Å². The molecule has 0 spiro atoms. The number of aliphatic hydroxyl groups excluding tert-OH is 1. The predicted octanol–water partition coefficient (Wildman–Crippen LogP) is 0.954. The molecule has 94 valence electrons. The van der Waals surface area contributed by atoms with Gasteiger partial charge in [-0.2, -0.15) is 0 Å². The highest BCUT2D eigenvalue weighted by Gasteiger charge is 2.07. The minimum atomic E-state index is -0.124. The van der Waals surface area contributed by atoms with Crippen molar-refractivity contribution in [1.29, 1.82) is 0 Å². The van der Waals surface area contributed by atoms with Crippen LogP contribution in [0.3, 0.4) is 0 Å². The van der Waals surface area contributed by atoms with Crippen LogP contribution in [0.15, 0.2) is 16.9 Å². The van der Waals surface area contributed by atoms with E-state index in [0.29, 0.717) is 12.1 Å². The van der Waals surface area contributed by atoms with Gasteiger partial charge in [0.2, 0.25) is 0 Å². The first kappa shape index (κ1) is 13.9. The Hall–Kier alpha value is -1.20. The molecule has 0 aliphatic rings. The van der Waals surface area contributed by atoms with E-state index in [4.69, 9.17) is 23.1 Å². The molecule has 3 N–H and O–H groups in total. The van der Waals surface area contributed by atoms with E-state index in [1.165, 1.54) is 0 Å². The summed E-state index contributed by atoms with van der Waals surface area (Å²) in [7, 11) is 0. The molecule has 0 aliphatic heterocycles. The fourth-order valence-electron chi connectivity index (χ4n) is 1.69. The van der Waals surface area contributed by atoms with Crippen molar-refractivity contribution in [2.24, 2.45) is 5.73 Å². The number of nitrogens with two attached hydrogens (primary N) is 1. The lowest BCUT2D eigenvalue weighted by molar-refractivity contribution is 0.281. The van der Waals surface area contributed by atoms with Gasteiger partial charge in [0.25, 0.3) is 5.56 Å². The Kier molecular flexibility index (Phi) is 5.31. The third-order valence-electron chi connectivity index (χ3n) is 2.70. The summed E-state index contributed by atoms with van der Waals surface area (Å²) in [5.74, 6) is 0. The van der Waals surface area contributed by atoms with Crippen molar-refractivity contribution < 1.29 is 5.11 Å². The highest BCUT2D eigenvalue weighted by molar-refractivity contribution is 7.80. The van der Waals surface area contributed by atoms with Crippen molar-refractivity contribution in [2.75, 3.05) is 6.61 Å². The monoisotopic (exact) mass is 254 g/mol. The number of aromatic nitrogens is 1. The number of unbranched alkanes of at least 4 members (excludes halogenated alkanes) is 2. The summed E-state index contributed by atoms with van der Waals surface area (Å²) in [4.78, 5) is 12.2. The van der Waals surface area contributed by atoms with Crippen molar-refractivity contribution in [3.63, 3.8) is 0 Å². The van der Waals surface area contributed by atoms with Crippen LogP contribution in [0.1, 0.15) is 30.5 Å². The van der Waals surface area contributed by atoms with Gasteiger partial charge < -0.3 is 15.4 Å². The Labute approximate surface area is 106 Å². The predicted molar refractivity (Wildman–Crippen MR) is 72.3 cm³/mol. The first-order valence-electron chi connectivity index (χ1n) is 5.69. The first-order chi connectivity index (χ1) is 8.07. The molecule has 0 radical (unpaired) electrons. The topological polar surface area (TPSA) is 68.2 Å². The Bertz CT molecular complexity index is 454. The normalized spacial score (nSPS) is 10.5. The molecule has 17 heavy (non-hydrogen) atoms. The Morgan fingerprint density at radius 3 is 2.71 bits per heavy atom. The van der Waals surface area contributed by atoms with Crippen LogP contribution in [0.4, 0.5) is 0 Å². The SMILES string of the molecule is Cc1ccc(C(N)=S)c(=O)n1CCCCCO. The average Bonchev–Trinajstić information content (AvgIpc) is 2.27. The van der Waals surface area contributed by atoms with E-state index in [-0.39, 0.29) is 17.2 Å². The van der Waals surface area contributed by atoms with Gasteiger partial charge in [-0.15, -0.1) is 0 Å². The number of hydrogen-bond acceptors (Lipinski definition) is 3. The Morgan fingerprint density at radius 1 is 1.41 bits per heavy atom. The molecule has 0 atom stereocenters. The van der Waals surface area contributed by atoms with Crippen molar-refractivity contribution in [2.45, 2.75) is 32.7 Å². The van der Waals surface area contributed by atoms with Gasteiger partial charge in [-0.3, -0.25) is 4.79 Å². The second-order valence-corrected chi connectivity index (χ2v) is 4.43. The number of pyridine rings is 1. The van der Waals surface area contributed by atoms with E-state index in [0.717, 1.165) is 25.0 Å². The van der Waals surface area contributed by atoms with Crippen LogP contribution in [0.2, 0.25) is 0 Å². The maximum absolute atomic E-state index is 12.0. The maximum Gasteiger partial charge on any atom is 0.260 e. The molecule has 0 unspecified atom stereocenters. The molecule has 0 aliphatic carbocycles. The largest absolute Gasteiger partial charge is 0.396 e. The van der Waals surface area contributed by atoms with Gasteiger partial charge in [0.1, 0.15) is 4.99 Å². The molecule has 1 heterocycles. The number of aliphatic hydroxyl groups is 1. The highest BCUT2D eigenvalue weighted by atomic mass is 32.1. The first-order valence-corrected chi connectivity index (χ1v) is 6.10. The van der Waals surface area contributed by atoms with Crippen LogP contribution < -0.4 is 11.3 Å². The Balaban J connectivity index is 2.87. The molecular weight excluding hydrogens is 236 g/mol. The molecule has 1 aromatic heterocycles. The number of hydrogen-bond donors (Lipinski definition) is 2. The van der Waals surface area contributed by atoms with Crippen LogP contribution >= 0.6 is 12.2 Å². The van der Waals surface area contributed by atoms with Crippen LogP contribution in [0.5, 0.6) is 0 Å². The van der Waals surface area contributed by atoms with Gasteiger partial charge in [0, 0.05) is 18.8 Å². The zero-order valence-electron chi connectivity index (χ0n) is 9.98. The van der Waals surface area contributed by atoms with Crippen molar-refractivity contribution in [1.82, 2.24) is 4.57 Å². The summed E-state index contributed by atoms with van der Waals surface area (Å²) in [5.41, 5.74) is 6.67. The zero-order chi connectivity index (χ0) is 12.8. The number of thiocarbonyl (C=S) groups is 1. The van der Waals surface area contributed by atoms with Gasteiger partial charge in [-0.05, 0) is 38.3 Å². The molecular formula is C12H18N2O2S. The van der Waals surface area contributed by atoms with E-state index in [9.17, 15) is 4.79 Å². The van der Waals surface area contributed by atoms with Crippen LogP contribution in [-0.4, -0.2) is 21.3 Å². The molecule has 1 rings (SSSR count). The minimum Gasteiger partial charge on any atom is -0.396 e. The third-order valence-corrected chi connectivity index (χ3v) is 2.92. The summed E-state index contributed by atoms with van der Waals surface area (Å²) >= 11 is 4.84. The van der Waals surface area contributed by atoms with Gasteiger partial charge >= 0.3 is 0 Å². The van der Waals surface area contributed by atoms with Crippen molar-refractivity contribution >= 4 is 17.2 Å². The van der Waals surface area contributed by atoms with Crippen LogP contribution in [-0.2, 0) is 6.54 Å². The third kappa shape index (κ3) is 3.64. The number of aryl methyl sites for hydroxylation is 1. The summed E-state index contributed by atoms with van der Waals surface area (Å²) in [5, 5.41) is 8.69. The van der Waals surface area contributed by atoms with Gasteiger partial charge in [0.15, 0.2) is 0 Å². The minimum absolute atomic E-state index is 0.124. The lowest BCUT2D eigenvalue weighted by atomic mass is 10.2. The lowest BCUT2D eigenvalue weighted by Gasteiger charge is -2.11. The van der Waals surface area contributed by atoms with E-state index in [1.54, 1.807) is 10.6 Å². The zero-order valence-corrected chi connectivity index (χ0v) is 10.8. The maximum atomic E-state index is 12.0. The van der Waals surface area contributed by atoms with Gasteiger partial charge in [0.05, 0.1) is 5.56 Å². The molecule has 0 fully saturated rings. The second kappa shape index (κ2) is 6.51. The van der Waals surface area contributed by atoms with E-state index >= 15 is 0 Å². The fraction of sp³-hybridized carbons (Fsp3) is 0.500. The molecule has 4 nitrogen and oxygen atoms in total. The molecule has 0 saturated carbocycles. The number of nitrogens with zero attached hydrogens (tertiary/aromatic N) is 1. The summed E-state index contributed by atoms with van der Waals surface area (Å²) in [6.45, 7) is 2.72. The molecule has 5 heteroatoms. The van der Waals surface area contributed by atoms with Crippen LogP contribution in [0.25, 0.3) is 0 Å². The smallest absolute Gasteiger partial charge is 0.260 e. The average molecular weight is 254 g/mol. The van der Waals surface area contributed by atoms with Crippen molar-refractivity contribution in [3.05, 3.63) is 33.7 Å². The summed E-state index contributed by atoms with van der Waals surface area (Å²) < 4.78 is 1.69. The Morgan fingerprint density at radius 2 is 2.12 bits per heavy atom. The lowest BCUT2D eigenvalue weighted by Crippen LogP contribution is -2.30. The standard InChI is InChI=1S/C12H18N2O2S/c1-9-5-6-10(11(13)17)12(16)14(9)7-3-2-4-8-15/h5-6,15H,2-4,7-8H2,1H3,(H2,13,17). The summed E-state index contributed by atoms with van der Waals surface area (Å²) in [6.07, 6.45) is 2.53. The molecule has 0 aromatic carbocycles. The van der Waals surface area contributed by atoms with E-state index < -0.39 is 0 Å². The molecule has 1 aromatic rings. The highest BCUT2D eigenvalue weighted by Crippen LogP contribution is 2.02. The van der Waals surface area contributed by atoms with E-state index in [2.05, 4.69) is 0 Å². The molecule has 0 amide bonds. The van der Waals surface area contributed by atoms with Crippen molar-refractivity contribution in [3.8, 4) is 0 Å². The number of rotatable bonds is 6. The second-order valence-electron chi connectivity index (χ2n) is 3.99. The van der Waals surface area contributed by atoms with Gasteiger partial charge in [-0.25, -0.2) is 0 Å². The van der Waals surface area contributed by atoms with Crippen LogP contribution in [0, 0.1) is 6.92 Å². The molecule has 0 bridgehead atoms. The molecule has 0 saturated heterocycles. The van der Waals surface area contributed by atoms with Gasteiger partial charge in [-0.1, -0.05) is 12.2 Å². The summed E-state index contributed by atoms with van der Waals surface area (Å²) in [6, 6.07) is 3.52.